The average Bonchev–Trinajstić information content (AvgIpc) is 2.65. The zero-order valence-corrected chi connectivity index (χ0v) is 16.9. The fourth-order valence-corrected chi connectivity index (χ4v) is 3.70. The number of rotatable bonds is 4. The number of pyridine rings is 1. The maximum absolute atomic E-state index is 13.3. The van der Waals surface area contributed by atoms with E-state index in [0.717, 1.165) is 23.4 Å². The Bertz CT molecular complexity index is 940. The summed E-state index contributed by atoms with van der Waals surface area (Å²) in [5, 5.41) is 12.5. The third-order valence-electron chi connectivity index (χ3n) is 5.05. The van der Waals surface area contributed by atoms with Crippen LogP contribution >= 0.6 is 11.6 Å². The molecule has 0 unspecified atom stereocenters. The number of amides is 2. The Hall–Kier alpha value is -2.71. The second-order valence-electron chi connectivity index (χ2n) is 7.14. The molecule has 2 N–H and O–H groups in total. The molecule has 1 atom stereocenters. The molecule has 3 rings (SSSR count). The van der Waals surface area contributed by atoms with Gasteiger partial charge in [0.05, 0.1) is 11.8 Å². The monoisotopic (exact) mass is 420 g/mol. The summed E-state index contributed by atoms with van der Waals surface area (Å²) in [6.45, 7) is 5.99. The smallest absolute Gasteiger partial charge is 0.407 e. The molecule has 7 nitrogen and oxygen atoms in total. The number of aromatic nitrogens is 1. The number of anilines is 1. The lowest BCUT2D eigenvalue weighted by atomic mass is 10.0. The van der Waals surface area contributed by atoms with Gasteiger partial charge < -0.3 is 15.3 Å². The maximum Gasteiger partial charge on any atom is 0.407 e. The zero-order chi connectivity index (χ0) is 21.1. The van der Waals surface area contributed by atoms with Crippen LogP contribution in [0, 0.1) is 12.7 Å². The topological polar surface area (TPSA) is 85.8 Å². The second-order valence-corrected chi connectivity index (χ2v) is 7.58. The van der Waals surface area contributed by atoms with Crippen molar-refractivity contribution < 1.29 is 19.1 Å². The number of carbonyl (C=O) groups is 2. The molecule has 0 spiro atoms. The van der Waals surface area contributed by atoms with Gasteiger partial charge in [-0.1, -0.05) is 11.6 Å². The lowest BCUT2D eigenvalue weighted by molar-refractivity contribution is 0.0710. The minimum absolute atomic E-state index is 0.111. The molecule has 2 heterocycles. The molecule has 1 aromatic carbocycles. The standard InChI is InChI=1S/C20H22ClFN4O3/c1-12-10-25(3-4-26(12)20(28)29)11-15-5-16(21)7-18(13(15)2)24-19(27)14-6-17(22)9-23-8-14/h5-9,12H,3-4,10-11H2,1-2H3,(H,24,27)(H,28,29)/t12-/m0/s1. The predicted molar refractivity (Wildman–Crippen MR) is 108 cm³/mol. The average molecular weight is 421 g/mol. The number of halogens is 2. The second kappa shape index (κ2) is 8.75. The van der Waals surface area contributed by atoms with Crippen LogP contribution in [0.4, 0.5) is 14.9 Å². The molecule has 2 amide bonds. The van der Waals surface area contributed by atoms with E-state index in [9.17, 15) is 19.1 Å². The number of piperazine rings is 1. The predicted octanol–water partition coefficient (Wildman–Crippen LogP) is 3.62. The van der Waals surface area contributed by atoms with Gasteiger partial charge in [0.15, 0.2) is 0 Å². The molecular formula is C20H22ClFN4O3. The van der Waals surface area contributed by atoms with Gasteiger partial charge in [-0.25, -0.2) is 9.18 Å². The highest BCUT2D eigenvalue weighted by molar-refractivity contribution is 6.31. The molecule has 154 valence electrons. The number of nitrogens with one attached hydrogen (secondary N) is 1. The highest BCUT2D eigenvalue weighted by atomic mass is 35.5. The van der Waals surface area contributed by atoms with Crippen molar-refractivity contribution >= 4 is 29.3 Å². The summed E-state index contributed by atoms with van der Waals surface area (Å²) in [7, 11) is 0. The Morgan fingerprint density at radius 1 is 1.31 bits per heavy atom. The Morgan fingerprint density at radius 2 is 2.07 bits per heavy atom. The van der Waals surface area contributed by atoms with Gasteiger partial charge in [-0.15, -0.1) is 0 Å². The van der Waals surface area contributed by atoms with Crippen molar-refractivity contribution in [2.24, 2.45) is 0 Å². The number of nitrogens with zero attached hydrogens (tertiary/aromatic N) is 3. The lowest BCUT2D eigenvalue weighted by Gasteiger charge is -2.38. The van der Waals surface area contributed by atoms with Gasteiger partial charge in [-0.05, 0) is 43.2 Å². The van der Waals surface area contributed by atoms with Crippen LogP contribution in [0.5, 0.6) is 0 Å². The minimum atomic E-state index is -0.909. The summed E-state index contributed by atoms with van der Waals surface area (Å²) >= 11 is 6.26. The molecule has 1 saturated heterocycles. The van der Waals surface area contributed by atoms with E-state index in [1.165, 1.54) is 11.1 Å². The van der Waals surface area contributed by atoms with E-state index in [0.29, 0.717) is 36.9 Å². The van der Waals surface area contributed by atoms with E-state index in [1.54, 1.807) is 6.07 Å². The number of hydrogen-bond acceptors (Lipinski definition) is 4. The number of carboxylic acid groups (broad SMARTS) is 1. The van der Waals surface area contributed by atoms with Gasteiger partial charge in [0.1, 0.15) is 5.82 Å². The van der Waals surface area contributed by atoms with Crippen LogP contribution in [-0.4, -0.2) is 57.6 Å². The van der Waals surface area contributed by atoms with Crippen molar-refractivity contribution in [2.45, 2.75) is 26.4 Å². The first-order valence-electron chi connectivity index (χ1n) is 9.17. The van der Waals surface area contributed by atoms with E-state index in [2.05, 4.69) is 15.2 Å². The van der Waals surface area contributed by atoms with Gasteiger partial charge >= 0.3 is 6.09 Å². The van der Waals surface area contributed by atoms with Crippen molar-refractivity contribution in [1.82, 2.24) is 14.8 Å². The highest BCUT2D eigenvalue weighted by Gasteiger charge is 2.27. The molecule has 0 saturated carbocycles. The van der Waals surface area contributed by atoms with E-state index in [1.807, 2.05) is 19.9 Å². The number of carbonyl (C=O) groups excluding carboxylic acids is 1. The summed E-state index contributed by atoms with van der Waals surface area (Å²) in [6, 6.07) is 4.49. The van der Waals surface area contributed by atoms with Crippen LogP contribution in [0.25, 0.3) is 0 Å². The molecule has 1 fully saturated rings. The first-order chi connectivity index (χ1) is 13.7. The third-order valence-corrected chi connectivity index (χ3v) is 5.26. The van der Waals surface area contributed by atoms with Gasteiger partial charge in [-0.3, -0.25) is 14.7 Å². The fourth-order valence-electron chi connectivity index (χ4n) is 3.46. The molecular weight excluding hydrogens is 399 g/mol. The van der Waals surface area contributed by atoms with Crippen LogP contribution < -0.4 is 5.32 Å². The largest absolute Gasteiger partial charge is 0.465 e. The van der Waals surface area contributed by atoms with E-state index in [-0.39, 0.29) is 11.6 Å². The highest BCUT2D eigenvalue weighted by Crippen LogP contribution is 2.27. The Kier molecular flexibility index (Phi) is 6.34. The van der Waals surface area contributed by atoms with E-state index < -0.39 is 17.8 Å². The van der Waals surface area contributed by atoms with Crippen molar-refractivity contribution in [3.05, 3.63) is 58.1 Å². The Labute approximate surface area is 173 Å². The van der Waals surface area contributed by atoms with Crippen LogP contribution in [0.2, 0.25) is 5.02 Å². The first kappa shape index (κ1) is 21.0. The molecule has 1 aromatic heterocycles. The SMILES string of the molecule is Cc1c(CN2CCN(C(=O)O)[C@@H](C)C2)cc(Cl)cc1NC(=O)c1cncc(F)c1. The Balaban J connectivity index is 1.75. The van der Waals surface area contributed by atoms with Crippen molar-refractivity contribution in [3.8, 4) is 0 Å². The van der Waals surface area contributed by atoms with Gasteiger partial charge in [0.25, 0.3) is 5.91 Å². The quantitative estimate of drug-likeness (QED) is 0.789. The van der Waals surface area contributed by atoms with Gasteiger partial charge in [-0.2, -0.15) is 0 Å². The fraction of sp³-hybridized carbons (Fsp3) is 0.350. The van der Waals surface area contributed by atoms with Crippen molar-refractivity contribution in [1.29, 1.82) is 0 Å². The number of benzene rings is 1. The molecule has 1 aliphatic rings. The number of hydrogen-bond donors (Lipinski definition) is 2. The molecule has 2 aromatic rings. The Morgan fingerprint density at radius 3 is 2.72 bits per heavy atom. The molecule has 0 bridgehead atoms. The van der Waals surface area contributed by atoms with Gasteiger partial charge in [0.2, 0.25) is 0 Å². The molecule has 1 aliphatic heterocycles. The van der Waals surface area contributed by atoms with E-state index in [4.69, 9.17) is 11.6 Å². The van der Waals surface area contributed by atoms with Gasteiger partial charge in [0, 0.05) is 49.1 Å². The minimum Gasteiger partial charge on any atom is -0.465 e. The van der Waals surface area contributed by atoms with Crippen LogP contribution in [0.3, 0.4) is 0 Å². The van der Waals surface area contributed by atoms with Crippen LogP contribution in [0.15, 0.2) is 30.6 Å². The summed E-state index contributed by atoms with van der Waals surface area (Å²) in [5.74, 6) is -1.06. The van der Waals surface area contributed by atoms with Crippen molar-refractivity contribution in [2.75, 3.05) is 25.0 Å². The molecule has 29 heavy (non-hydrogen) atoms. The molecule has 9 heteroatoms. The van der Waals surface area contributed by atoms with Crippen LogP contribution in [0.1, 0.15) is 28.4 Å². The summed E-state index contributed by atoms with van der Waals surface area (Å²) < 4.78 is 13.3. The normalized spacial score (nSPS) is 17.2. The third kappa shape index (κ3) is 5.02. The summed E-state index contributed by atoms with van der Waals surface area (Å²) in [6.07, 6.45) is 1.42. The zero-order valence-electron chi connectivity index (χ0n) is 16.2. The lowest BCUT2D eigenvalue weighted by Crippen LogP contribution is -2.53. The van der Waals surface area contributed by atoms with Crippen molar-refractivity contribution in [3.63, 3.8) is 0 Å². The summed E-state index contributed by atoms with van der Waals surface area (Å²) in [5.41, 5.74) is 2.44. The van der Waals surface area contributed by atoms with Crippen LogP contribution in [-0.2, 0) is 6.54 Å². The summed E-state index contributed by atoms with van der Waals surface area (Å²) in [4.78, 5) is 31.0. The maximum atomic E-state index is 13.3. The van der Waals surface area contributed by atoms with E-state index >= 15 is 0 Å². The molecule has 0 aliphatic carbocycles. The molecule has 0 radical (unpaired) electrons. The first-order valence-corrected chi connectivity index (χ1v) is 9.55.